The highest BCUT2D eigenvalue weighted by Crippen LogP contribution is 2.31. The van der Waals surface area contributed by atoms with Crippen molar-refractivity contribution in [1.82, 2.24) is 15.1 Å². The van der Waals surface area contributed by atoms with Gasteiger partial charge < -0.3 is 20.2 Å². The van der Waals surface area contributed by atoms with Crippen molar-refractivity contribution in [2.45, 2.75) is 12.6 Å². The van der Waals surface area contributed by atoms with Gasteiger partial charge in [0.05, 0.1) is 18.0 Å². The normalized spacial score (nSPS) is 23.2. The van der Waals surface area contributed by atoms with E-state index in [0.29, 0.717) is 0 Å². The summed E-state index contributed by atoms with van der Waals surface area (Å²) in [5.74, 6) is 0.655. The van der Waals surface area contributed by atoms with Gasteiger partial charge in [0.2, 0.25) is 0 Å². The van der Waals surface area contributed by atoms with Crippen molar-refractivity contribution in [3.8, 4) is 0 Å². The largest absolute Gasteiger partial charge is 0.390 e. The molecule has 0 amide bonds. The number of likely N-dealkylation sites (tertiary alicyclic amines) is 1. The maximum absolute atomic E-state index is 13.1. The van der Waals surface area contributed by atoms with E-state index in [0.717, 1.165) is 35.9 Å². The quantitative estimate of drug-likeness (QED) is 0.884. The van der Waals surface area contributed by atoms with Gasteiger partial charge in [0, 0.05) is 25.5 Å². The van der Waals surface area contributed by atoms with Gasteiger partial charge >= 0.3 is 0 Å². The molecule has 1 aromatic rings. The number of fused-ring (bicyclic) bond motifs is 1. The maximum atomic E-state index is 13.1. The standard InChI is InChI=1S/C16H17FN4O/c17-12-4-2-11(3-5-12)16-13(10-22)21-9-15(20-6-1-7-20)18-8-14(21)19-16/h2-5,8-9,14,19,22H,1,6-7,10H2. The highest BCUT2D eigenvalue weighted by atomic mass is 19.1. The third kappa shape index (κ3) is 2.07. The number of nitrogens with one attached hydrogen (secondary N) is 1. The van der Waals surface area contributed by atoms with Crippen molar-refractivity contribution < 1.29 is 9.50 Å². The van der Waals surface area contributed by atoms with Crippen LogP contribution in [0.15, 0.2) is 47.0 Å². The molecule has 1 aromatic carbocycles. The first kappa shape index (κ1) is 13.3. The van der Waals surface area contributed by atoms with Crippen LogP contribution in [0.3, 0.4) is 0 Å². The Morgan fingerprint density at radius 3 is 2.68 bits per heavy atom. The topological polar surface area (TPSA) is 51.1 Å². The van der Waals surface area contributed by atoms with Crippen LogP contribution < -0.4 is 5.32 Å². The van der Waals surface area contributed by atoms with Crippen molar-refractivity contribution in [2.75, 3.05) is 19.7 Å². The van der Waals surface area contributed by atoms with Crippen molar-refractivity contribution in [2.24, 2.45) is 4.99 Å². The fourth-order valence-corrected chi connectivity index (χ4v) is 2.91. The highest BCUT2D eigenvalue weighted by Gasteiger charge is 2.33. The summed E-state index contributed by atoms with van der Waals surface area (Å²) in [6.07, 6.45) is 4.91. The molecule has 1 atom stereocenters. The summed E-state index contributed by atoms with van der Waals surface area (Å²) in [5, 5.41) is 13.1. The number of aliphatic hydroxyl groups excluding tert-OH is 1. The molecule has 1 fully saturated rings. The summed E-state index contributed by atoms with van der Waals surface area (Å²) in [4.78, 5) is 8.70. The lowest BCUT2D eigenvalue weighted by atomic mass is 10.1. The average molecular weight is 300 g/mol. The van der Waals surface area contributed by atoms with Gasteiger partial charge in [-0.3, -0.25) is 0 Å². The van der Waals surface area contributed by atoms with E-state index in [2.05, 4.69) is 15.2 Å². The van der Waals surface area contributed by atoms with Crippen LogP contribution in [0.25, 0.3) is 5.70 Å². The Kier molecular flexibility index (Phi) is 3.11. The van der Waals surface area contributed by atoms with E-state index in [1.807, 2.05) is 17.3 Å². The monoisotopic (exact) mass is 300 g/mol. The number of nitrogens with zero attached hydrogens (tertiary/aromatic N) is 3. The van der Waals surface area contributed by atoms with Gasteiger partial charge in [0.15, 0.2) is 0 Å². The van der Waals surface area contributed by atoms with E-state index in [9.17, 15) is 9.50 Å². The maximum Gasteiger partial charge on any atom is 0.144 e. The Bertz CT molecular complexity index is 676. The molecule has 0 radical (unpaired) electrons. The number of benzene rings is 1. The first-order chi connectivity index (χ1) is 10.8. The van der Waals surface area contributed by atoms with Gasteiger partial charge in [-0.2, -0.15) is 0 Å². The summed E-state index contributed by atoms with van der Waals surface area (Å²) in [7, 11) is 0. The van der Waals surface area contributed by atoms with Crippen LogP contribution in [0.1, 0.15) is 12.0 Å². The molecule has 1 unspecified atom stereocenters. The summed E-state index contributed by atoms with van der Waals surface area (Å²) in [6, 6.07) is 6.27. The summed E-state index contributed by atoms with van der Waals surface area (Å²) in [6.45, 7) is 1.96. The number of halogens is 1. The van der Waals surface area contributed by atoms with E-state index in [1.165, 1.54) is 18.6 Å². The third-order valence-electron chi connectivity index (χ3n) is 4.26. The second kappa shape index (κ2) is 5.14. The lowest BCUT2D eigenvalue weighted by Gasteiger charge is -2.36. The molecule has 3 heterocycles. The molecular weight excluding hydrogens is 283 g/mol. The first-order valence-electron chi connectivity index (χ1n) is 7.42. The molecule has 5 nitrogen and oxygen atoms in total. The molecule has 114 valence electrons. The predicted octanol–water partition coefficient (Wildman–Crippen LogP) is 1.31. The molecule has 0 aliphatic carbocycles. The van der Waals surface area contributed by atoms with Crippen LogP contribution in [0.5, 0.6) is 0 Å². The van der Waals surface area contributed by atoms with Crippen molar-refractivity contribution in [1.29, 1.82) is 0 Å². The lowest BCUT2D eigenvalue weighted by Crippen LogP contribution is -2.42. The molecule has 0 saturated carbocycles. The van der Waals surface area contributed by atoms with Gasteiger partial charge in [0.1, 0.15) is 17.8 Å². The number of aliphatic hydroxyl groups is 1. The zero-order chi connectivity index (χ0) is 15.1. The summed E-state index contributed by atoms with van der Waals surface area (Å²) < 4.78 is 13.1. The Labute approximate surface area is 128 Å². The summed E-state index contributed by atoms with van der Waals surface area (Å²) >= 11 is 0. The minimum atomic E-state index is -0.271. The first-order valence-corrected chi connectivity index (χ1v) is 7.42. The molecule has 1 saturated heterocycles. The second-order valence-electron chi connectivity index (χ2n) is 5.59. The summed E-state index contributed by atoms with van der Waals surface area (Å²) in [5.41, 5.74) is 2.45. The highest BCUT2D eigenvalue weighted by molar-refractivity contribution is 5.78. The Morgan fingerprint density at radius 2 is 2.05 bits per heavy atom. The van der Waals surface area contributed by atoms with E-state index in [1.54, 1.807) is 12.1 Å². The van der Waals surface area contributed by atoms with Gasteiger partial charge in [-0.1, -0.05) is 0 Å². The van der Waals surface area contributed by atoms with E-state index in [-0.39, 0.29) is 18.6 Å². The van der Waals surface area contributed by atoms with E-state index >= 15 is 0 Å². The second-order valence-corrected chi connectivity index (χ2v) is 5.59. The van der Waals surface area contributed by atoms with Crippen LogP contribution in [0.2, 0.25) is 0 Å². The minimum Gasteiger partial charge on any atom is -0.390 e. The molecule has 3 aliphatic heterocycles. The van der Waals surface area contributed by atoms with Gasteiger partial charge in [-0.15, -0.1) is 0 Å². The van der Waals surface area contributed by atoms with Crippen LogP contribution in [0.4, 0.5) is 4.39 Å². The Hall–Kier alpha value is -2.34. The van der Waals surface area contributed by atoms with Crippen molar-refractivity contribution >= 4 is 11.9 Å². The fraction of sp³-hybridized carbons (Fsp3) is 0.312. The molecule has 2 N–H and O–H groups in total. The molecule has 6 heteroatoms. The van der Waals surface area contributed by atoms with Gasteiger partial charge in [-0.05, 0) is 36.2 Å². The lowest BCUT2D eigenvalue weighted by molar-refractivity contribution is 0.222. The van der Waals surface area contributed by atoms with Crippen molar-refractivity contribution in [3.63, 3.8) is 0 Å². The smallest absolute Gasteiger partial charge is 0.144 e. The van der Waals surface area contributed by atoms with Crippen molar-refractivity contribution in [3.05, 3.63) is 53.4 Å². The Morgan fingerprint density at radius 1 is 1.27 bits per heavy atom. The molecular formula is C16H17FN4O. The number of hydrogen-bond acceptors (Lipinski definition) is 5. The SMILES string of the molecule is OCC1=C(c2ccc(F)cc2)NC2C=NC(N3CCC3)=CN12. The van der Waals surface area contributed by atoms with Gasteiger partial charge in [0.25, 0.3) is 0 Å². The average Bonchev–Trinajstić information content (AvgIpc) is 2.84. The van der Waals surface area contributed by atoms with E-state index < -0.39 is 0 Å². The Balaban J connectivity index is 1.69. The van der Waals surface area contributed by atoms with Crippen LogP contribution >= 0.6 is 0 Å². The molecule has 22 heavy (non-hydrogen) atoms. The molecule has 0 aromatic heterocycles. The molecule has 0 bridgehead atoms. The van der Waals surface area contributed by atoms with E-state index in [4.69, 9.17) is 0 Å². The van der Waals surface area contributed by atoms with Gasteiger partial charge in [-0.25, -0.2) is 9.38 Å². The third-order valence-corrected chi connectivity index (χ3v) is 4.26. The molecule has 4 rings (SSSR count). The predicted molar refractivity (Wildman–Crippen MR) is 81.9 cm³/mol. The molecule has 0 spiro atoms. The van der Waals surface area contributed by atoms with Crippen LogP contribution in [0, 0.1) is 5.82 Å². The zero-order valence-electron chi connectivity index (χ0n) is 12.0. The van der Waals surface area contributed by atoms with Crippen LogP contribution in [-0.2, 0) is 0 Å². The number of aliphatic imine (C=N–C) groups is 1. The van der Waals surface area contributed by atoms with Crippen LogP contribution in [-0.4, -0.2) is 47.0 Å². The number of hydrogen-bond donors (Lipinski definition) is 2. The fourth-order valence-electron chi connectivity index (χ4n) is 2.91. The zero-order valence-corrected chi connectivity index (χ0v) is 12.0. The minimum absolute atomic E-state index is 0.0895. The number of rotatable bonds is 3. The molecule has 3 aliphatic rings.